The smallest absolute Gasteiger partial charge is 0.309 e. The number of unbranched alkanes of at least 4 members (excludes halogenated alkanes) is 5. The van der Waals surface area contributed by atoms with Crippen molar-refractivity contribution in [2.45, 2.75) is 78.6 Å². The van der Waals surface area contributed by atoms with Crippen LogP contribution < -0.4 is 0 Å². The van der Waals surface area contributed by atoms with Crippen molar-refractivity contribution in [3.8, 4) is 0 Å². The van der Waals surface area contributed by atoms with Gasteiger partial charge in [-0.05, 0) is 46.0 Å². The molecule has 0 rings (SSSR count). The molecule has 0 aromatic heterocycles. The Kier molecular flexibility index (Phi) is 23.5. The van der Waals surface area contributed by atoms with Crippen LogP contribution in [0.1, 0.15) is 80.0 Å². The third-order valence-electron chi connectivity index (χ3n) is 3.27. The largest absolute Gasteiger partial charge is 0.466 e. The third kappa shape index (κ3) is 24.4. The van der Waals surface area contributed by atoms with Crippen LogP contribution in [0.25, 0.3) is 0 Å². The second-order valence-corrected chi connectivity index (χ2v) is 5.68. The summed E-state index contributed by atoms with van der Waals surface area (Å²) in [5, 5.41) is 0. The molecule has 0 atom stereocenters. The molecule has 0 amide bonds. The van der Waals surface area contributed by atoms with Gasteiger partial charge in [0.05, 0.1) is 26.1 Å². The molecular formula is C22H40O4. The molecule has 0 saturated heterocycles. The molecule has 0 heterocycles. The minimum Gasteiger partial charge on any atom is -0.466 e. The van der Waals surface area contributed by atoms with E-state index in [0.717, 1.165) is 25.7 Å². The number of rotatable bonds is 14. The normalized spacial score (nSPS) is 10.4. The number of allylic oxidation sites excluding steroid dienone is 3. The highest BCUT2D eigenvalue weighted by molar-refractivity contribution is 5.71. The van der Waals surface area contributed by atoms with Crippen molar-refractivity contribution in [3.05, 3.63) is 37.0 Å². The first-order valence-corrected chi connectivity index (χ1v) is 9.84. The summed E-state index contributed by atoms with van der Waals surface area (Å²) in [6.45, 7) is 10.4. The molecule has 4 nitrogen and oxygen atoms in total. The SMILES string of the molecule is C=CCCC/C=C/CC(=O)OCC.CCCCC/C=C/CC(=O)OCC.[HH]. The molecule has 0 radical (unpaired) electrons. The average Bonchev–Trinajstić information content (AvgIpc) is 2.62. The van der Waals surface area contributed by atoms with Gasteiger partial charge in [-0.1, -0.05) is 50.1 Å². The highest BCUT2D eigenvalue weighted by Gasteiger charge is 1.95. The van der Waals surface area contributed by atoms with Gasteiger partial charge in [0, 0.05) is 1.43 Å². The second-order valence-electron chi connectivity index (χ2n) is 5.68. The summed E-state index contributed by atoms with van der Waals surface area (Å²) in [7, 11) is 0. The second kappa shape index (κ2) is 23.2. The molecule has 0 N–H and O–H groups in total. The molecule has 4 heteroatoms. The van der Waals surface area contributed by atoms with Gasteiger partial charge >= 0.3 is 11.9 Å². The molecule has 26 heavy (non-hydrogen) atoms. The van der Waals surface area contributed by atoms with E-state index in [4.69, 9.17) is 9.47 Å². The minimum atomic E-state index is -0.150. The molecule has 0 aromatic carbocycles. The number of esters is 2. The molecule has 0 aromatic rings. The summed E-state index contributed by atoms with van der Waals surface area (Å²) in [6.07, 6.45) is 18.5. The van der Waals surface area contributed by atoms with Gasteiger partial charge in [0.1, 0.15) is 0 Å². The van der Waals surface area contributed by atoms with E-state index in [1.807, 2.05) is 38.2 Å². The van der Waals surface area contributed by atoms with Gasteiger partial charge in [-0.2, -0.15) is 0 Å². The van der Waals surface area contributed by atoms with Crippen molar-refractivity contribution in [1.29, 1.82) is 0 Å². The Morgan fingerprint density at radius 1 is 0.769 bits per heavy atom. The zero-order chi connectivity index (χ0) is 19.9. The third-order valence-corrected chi connectivity index (χ3v) is 3.27. The first kappa shape index (κ1) is 26.4. The van der Waals surface area contributed by atoms with E-state index in [-0.39, 0.29) is 13.4 Å². The van der Waals surface area contributed by atoms with Crippen LogP contribution in [0.5, 0.6) is 0 Å². The lowest BCUT2D eigenvalue weighted by molar-refractivity contribution is -0.143. The van der Waals surface area contributed by atoms with Gasteiger partial charge in [-0.25, -0.2) is 0 Å². The Hall–Kier alpha value is -1.84. The van der Waals surface area contributed by atoms with E-state index >= 15 is 0 Å². The molecule has 0 spiro atoms. The van der Waals surface area contributed by atoms with Crippen molar-refractivity contribution >= 4 is 11.9 Å². The van der Waals surface area contributed by atoms with Gasteiger partial charge in [0.2, 0.25) is 0 Å². The Labute approximate surface area is 161 Å². The fraction of sp³-hybridized carbons (Fsp3) is 0.636. The number of hydrogen-bond acceptors (Lipinski definition) is 4. The Morgan fingerprint density at radius 2 is 1.27 bits per heavy atom. The summed E-state index contributed by atoms with van der Waals surface area (Å²) in [4.78, 5) is 21.7. The van der Waals surface area contributed by atoms with E-state index in [1.165, 1.54) is 19.3 Å². The number of carbonyl (C=O) groups excluding carboxylic acids is 2. The Bertz CT molecular complexity index is 403. The topological polar surface area (TPSA) is 52.6 Å². The summed E-state index contributed by atoms with van der Waals surface area (Å²) < 4.78 is 9.54. The molecule has 0 unspecified atom stereocenters. The van der Waals surface area contributed by atoms with Crippen molar-refractivity contribution in [2.75, 3.05) is 13.2 Å². The summed E-state index contributed by atoms with van der Waals surface area (Å²) >= 11 is 0. The average molecular weight is 369 g/mol. The maximum Gasteiger partial charge on any atom is 0.309 e. The Balaban J connectivity index is -0.000000411. The number of carbonyl (C=O) groups is 2. The lowest BCUT2D eigenvalue weighted by atomic mass is 10.2. The highest BCUT2D eigenvalue weighted by atomic mass is 16.5. The molecular weight excluding hydrogens is 328 g/mol. The summed E-state index contributed by atoms with van der Waals surface area (Å²) in [5.74, 6) is -0.281. The van der Waals surface area contributed by atoms with Crippen molar-refractivity contribution in [3.63, 3.8) is 0 Å². The first-order valence-electron chi connectivity index (χ1n) is 9.84. The molecule has 0 aliphatic heterocycles. The van der Waals surface area contributed by atoms with Crippen molar-refractivity contribution in [1.82, 2.24) is 0 Å². The summed E-state index contributed by atoms with van der Waals surface area (Å²) in [5.41, 5.74) is 0. The predicted molar refractivity (Wildman–Crippen MR) is 111 cm³/mol. The van der Waals surface area contributed by atoms with Gasteiger partial charge < -0.3 is 9.47 Å². The monoisotopic (exact) mass is 368 g/mol. The summed E-state index contributed by atoms with van der Waals surface area (Å²) in [6, 6.07) is 0. The van der Waals surface area contributed by atoms with Crippen molar-refractivity contribution in [2.24, 2.45) is 0 Å². The van der Waals surface area contributed by atoms with E-state index in [0.29, 0.717) is 26.1 Å². The predicted octanol–water partition coefficient (Wildman–Crippen LogP) is 6.17. The zero-order valence-corrected chi connectivity index (χ0v) is 17.0. The maximum atomic E-state index is 10.9. The van der Waals surface area contributed by atoms with Gasteiger partial charge in [-0.3, -0.25) is 9.59 Å². The van der Waals surface area contributed by atoms with Crippen LogP contribution in [-0.2, 0) is 19.1 Å². The van der Waals surface area contributed by atoms with E-state index in [1.54, 1.807) is 0 Å². The van der Waals surface area contributed by atoms with Gasteiger partial charge in [0.15, 0.2) is 0 Å². The molecule has 152 valence electrons. The fourth-order valence-corrected chi connectivity index (χ4v) is 1.93. The van der Waals surface area contributed by atoms with E-state index in [2.05, 4.69) is 19.6 Å². The molecule has 0 saturated carbocycles. The van der Waals surface area contributed by atoms with Crippen LogP contribution in [0.4, 0.5) is 0 Å². The van der Waals surface area contributed by atoms with Crippen LogP contribution in [0.2, 0.25) is 0 Å². The fourth-order valence-electron chi connectivity index (χ4n) is 1.93. The van der Waals surface area contributed by atoms with Crippen LogP contribution in [0, 0.1) is 0 Å². The zero-order valence-electron chi connectivity index (χ0n) is 17.0. The van der Waals surface area contributed by atoms with Crippen LogP contribution in [-0.4, -0.2) is 25.2 Å². The molecule has 0 fully saturated rings. The highest BCUT2D eigenvalue weighted by Crippen LogP contribution is 2.00. The Morgan fingerprint density at radius 3 is 1.69 bits per heavy atom. The van der Waals surface area contributed by atoms with Crippen LogP contribution >= 0.6 is 0 Å². The lowest BCUT2D eigenvalue weighted by Crippen LogP contribution is -2.01. The molecule has 0 aliphatic rings. The van der Waals surface area contributed by atoms with E-state index in [9.17, 15) is 9.59 Å². The maximum absolute atomic E-state index is 10.9. The molecule has 0 aliphatic carbocycles. The first-order chi connectivity index (χ1) is 12.6. The van der Waals surface area contributed by atoms with Gasteiger partial charge in [0.25, 0.3) is 0 Å². The number of hydrogen-bond donors (Lipinski definition) is 0. The minimum absolute atomic E-state index is 0. The van der Waals surface area contributed by atoms with Crippen LogP contribution in [0.3, 0.4) is 0 Å². The lowest BCUT2D eigenvalue weighted by Gasteiger charge is -1.96. The quantitative estimate of drug-likeness (QED) is 0.209. The van der Waals surface area contributed by atoms with E-state index < -0.39 is 0 Å². The van der Waals surface area contributed by atoms with Crippen molar-refractivity contribution < 1.29 is 20.5 Å². The standard InChI is InChI=1S/C11H20O2.C11H18O2.H2/c2*1-3-5-6-7-8-9-10-11(12)13-4-2;/h8-9H,3-7,10H2,1-2H3;3,8-9H,1,4-7,10H2,2H3;1H/b2*9-8+;. The van der Waals surface area contributed by atoms with Crippen LogP contribution in [0.15, 0.2) is 37.0 Å². The molecule has 0 bridgehead atoms. The number of ether oxygens (including phenoxy) is 2. The van der Waals surface area contributed by atoms with Gasteiger partial charge in [-0.15, -0.1) is 6.58 Å².